The second-order valence-corrected chi connectivity index (χ2v) is 6.10. The van der Waals surface area contributed by atoms with Gasteiger partial charge in [0.05, 0.1) is 0 Å². The van der Waals surface area contributed by atoms with Gasteiger partial charge >= 0.3 is 0 Å². The minimum absolute atomic E-state index is 0.747. The lowest BCUT2D eigenvalue weighted by molar-refractivity contribution is 0.585. The van der Waals surface area contributed by atoms with Gasteiger partial charge in [0, 0.05) is 11.5 Å². The summed E-state index contributed by atoms with van der Waals surface area (Å²) in [5.74, 6) is 0. The Hall–Kier alpha value is -0.550. The Morgan fingerprint density at radius 3 is 2.27 bits per heavy atom. The van der Waals surface area contributed by atoms with E-state index in [1.54, 1.807) is 0 Å². The summed E-state index contributed by atoms with van der Waals surface area (Å²) >= 11 is 0. The third kappa shape index (κ3) is 1.94. The molecule has 0 bridgehead atoms. The maximum Gasteiger partial charge on any atom is 0.112 e. The first-order chi connectivity index (χ1) is 5.17. The molecule has 0 aromatic heterocycles. The number of rotatable bonds is 2. The maximum atomic E-state index is 11.8. The Balaban J connectivity index is 3.03. The van der Waals surface area contributed by atoms with Crippen LogP contribution in [0.15, 0.2) is 30.3 Å². The molecular formula is C9H13OP. The van der Waals surface area contributed by atoms with Crippen LogP contribution >= 0.6 is 7.14 Å². The van der Waals surface area contributed by atoms with E-state index in [0.29, 0.717) is 0 Å². The van der Waals surface area contributed by atoms with Crippen molar-refractivity contribution in [1.82, 2.24) is 0 Å². The van der Waals surface area contributed by atoms with E-state index >= 15 is 0 Å². The van der Waals surface area contributed by atoms with E-state index in [1.165, 1.54) is 0 Å². The topological polar surface area (TPSA) is 17.1 Å². The van der Waals surface area contributed by atoms with Crippen molar-refractivity contribution in [3.63, 3.8) is 0 Å². The number of hydrogen-bond acceptors (Lipinski definition) is 1. The van der Waals surface area contributed by atoms with Crippen molar-refractivity contribution in [2.45, 2.75) is 6.92 Å². The number of benzene rings is 1. The van der Waals surface area contributed by atoms with Gasteiger partial charge in [-0.2, -0.15) is 0 Å². The third-order valence-electron chi connectivity index (χ3n) is 1.91. The Morgan fingerprint density at radius 2 is 1.82 bits per heavy atom. The molecule has 2 heteroatoms. The second kappa shape index (κ2) is 3.23. The molecule has 1 aromatic carbocycles. The standard InChI is InChI=1S/C9H13OP/c1-3-11(2,10)9-7-5-4-6-8-9/h4-8H,3H2,1-2H3/t11-/m1/s1. The predicted octanol–water partition coefficient (Wildman–Crippen LogP) is 2.32. The van der Waals surface area contributed by atoms with E-state index in [4.69, 9.17) is 0 Å². The molecule has 1 rings (SSSR count). The van der Waals surface area contributed by atoms with Crippen LogP contribution in [0.25, 0.3) is 0 Å². The van der Waals surface area contributed by atoms with Crippen molar-refractivity contribution in [2.75, 3.05) is 12.8 Å². The lowest BCUT2D eigenvalue weighted by Crippen LogP contribution is -2.03. The molecule has 60 valence electrons. The average Bonchev–Trinajstić information content (AvgIpc) is 2.06. The van der Waals surface area contributed by atoms with Crippen LogP contribution in [0.1, 0.15) is 6.92 Å². The Labute approximate surface area is 67.8 Å². The first-order valence-corrected chi connectivity index (χ1v) is 6.13. The summed E-state index contributed by atoms with van der Waals surface area (Å²) in [6.07, 6.45) is 0.747. The van der Waals surface area contributed by atoms with Crippen molar-refractivity contribution >= 4 is 12.4 Å². The Morgan fingerprint density at radius 1 is 1.27 bits per heavy atom. The van der Waals surface area contributed by atoms with Gasteiger partial charge in [0.1, 0.15) is 7.14 Å². The summed E-state index contributed by atoms with van der Waals surface area (Å²) in [5.41, 5.74) is 0. The molecule has 0 saturated carbocycles. The van der Waals surface area contributed by atoms with Gasteiger partial charge in [-0.25, -0.2) is 0 Å². The van der Waals surface area contributed by atoms with Crippen molar-refractivity contribution in [3.8, 4) is 0 Å². The Kier molecular flexibility index (Phi) is 2.51. The molecule has 0 unspecified atom stereocenters. The largest absolute Gasteiger partial charge is 0.319 e. The first-order valence-electron chi connectivity index (χ1n) is 3.79. The fourth-order valence-electron chi connectivity index (χ4n) is 0.926. The summed E-state index contributed by atoms with van der Waals surface area (Å²) in [6.45, 7) is 3.80. The summed E-state index contributed by atoms with van der Waals surface area (Å²) in [4.78, 5) is 0. The first kappa shape index (κ1) is 8.55. The highest BCUT2D eigenvalue weighted by Gasteiger charge is 2.13. The van der Waals surface area contributed by atoms with Crippen molar-refractivity contribution in [1.29, 1.82) is 0 Å². The van der Waals surface area contributed by atoms with Crippen LogP contribution in [0.4, 0.5) is 0 Å². The highest BCUT2D eigenvalue weighted by atomic mass is 31.2. The molecule has 0 heterocycles. The smallest absolute Gasteiger partial charge is 0.112 e. The van der Waals surface area contributed by atoms with Gasteiger partial charge in [-0.3, -0.25) is 0 Å². The molecule has 0 amide bonds. The minimum Gasteiger partial charge on any atom is -0.319 e. The second-order valence-electron chi connectivity index (χ2n) is 2.75. The van der Waals surface area contributed by atoms with E-state index in [2.05, 4.69) is 0 Å². The molecule has 0 spiro atoms. The molecule has 1 nitrogen and oxygen atoms in total. The summed E-state index contributed by atoms with van der Waals surface area (Å²) < 4.78 is 11.8. The van der Waals surface area contributed by atoms with Gasteiger partial charge in [0.25, 0.3) is 0 Å². The molecule has 0 aliphatic carbocycles. The highest BCUT2D eigenvalue weighted by molar-refractivity contribution is 7.70. The summed E-state index contributed by atoms with van der Waals surface area (Å²) in [5, 5.41) is 0.988. The molecule has 1 atom stereocenters. The van der Waals surface area contributed by atoms with Gasteiger partial charge in [-0.1, -0.05) is 37.3 Å². The van der Waals surface area contributed by atoms with Gasteiger partial charge in [0.15, 0.2) is 0 Å². The zero-order chi connectivity index (χ0) is 8.32. The van der Waals surface area contributed by atoms with Gasteiger partial charge in [-0.05, 0) is 6.66 Å². The molecule has 0 radical (unpaired) electrons. The van der Waals surface area contributed by atoms with Crippen LogP contribution < -0.4 is 5.30 Å². The van der Waals surface area contributed by atoms with Crippen LogP contribution in [0.5, 0.6) is 0 Å². The Bertz CT molecular complexity index is 266. The van der Waals surface area contributed by atoms with E-state index in [0.717, 1.165) is 11.5 Å². The van der Waals surface area contributed by atoms with Crippen molar-refractivity contribution in [2.24, 2.45) is 0 Å². The molecule has 0 fully saturated rings. The van der Waals surface area contributed by atoms with Crippen molar-refractivity contribution in [3.05, 3.63) is 30.3 Å². The molecule has 1 aromatic rings. The van der Waals surface area contributed by atoms with Gasteiger partial charge in [0.2, 0.25) is 0 Å². The summed E-state index contributed by atoms with van der Waals surface area (Å²) in [6, 6.07) is 9.68. The number of hydrogen-bond donors (Lipinski definition) is 0. The zero-order valence-electron chi connectivity index (χ0n) is 6.95. The molecule has 0 aliphatic rings. The van der Waals surface area contributed by atoms with Crippen LogP contribution in [0, 0.1) is 0 Å². The molecule has 0 N–H and O–H groups in total. The SMILES string of the molecule is CC[P@@](C)(=O)c1ccccc1. The van der Waals surface area contributed by atoms with E-state index in [9.17, 15) is 4.57 Å². The lowest BCUT2D eigenvalue weighted by Gasteiger charge is -2.09. The van der Waals surface area contributed by atoms with Crippen LogP contribution in [-0.4, -0.2) is 12.8 Å². The fraction of sp³-hybridized carbons (Fsp3) is 0.333. The zero-order valence-corrected chi connectivity index (χ0v) is 7.84. The average molecular weight is 168 g/mol. The van der Waals surface area contributed by atoms with Gasteiger partial charge in [-0.15, -0.1) is 0 Å². The van der Waals surface area contributed by atoms with Crippen LogP contribution in [0.2, 0.25) is 0 Å². The monoisotopic (exact) mass is 168 g/mol. The molecule has 11 heavy (non-hydrogen) atoms. The molecular weight excluding hydrogens is 155 g/mol. The summed E-state index contributed by atoms with van der Waals surface area (Å²) in [7, 11) is -2.03. The fourth-order valence-corrected chi connectivity index (χ4v) is 2.09. The molecule has 0 aliphatic heterocycles. The predicted molar refractivity (Wildman–Crippen MR) is 50.1 cm³/mol. The van der Waals surface area contributed by atoms with Crippen LogP contribution in [0.3, 0.4) is 0 Å². The maximum absolute atomic E-state index is 11.8. The van der Waals surface area contributed by atoms with E-state index in [1.807, 2.05) is 43.9 Å². The minimum atomic E-state index is -2.03. The van der Waals surface area contributed by atoms with E-state index in [-0.39, 0.29) is 0 Å². The normalized spacial score (nSPS) is 15.8. The highest BCUT2D eigenvalue weighted by Crippen LogP contribution is 2.38. The van der Waals surface area contributed by atoms with E-state index < -0.39 is 7.14 Å². The quantitative estimate of drug-likeness (QED) is 0.619. The third-order valence-corrected chi connectivity index (χ3v) is 4.50. The van der Waals surface area contributed by atoms with Gasteiger partial charge < -0.3 is 4.57 Å². The van der Waals surface area contributed by atoms with Crippen LogP contribution in [-0.2, 0) is 4.57 Å². The lowest BCUT2D eigenvalue weighted by atomic mass is 10.4. The van der Waals surface area contributed by atoms with Crippen molar-refractivity contribution < 1.29 is 4.57 Å². The molecule has 0 saturated heterocycles.